The van der Waals surface area contributed by atoms with Crippen LogP contribution in [0.25, 0.3) is 0 Å². The monoisotopic (exact) mass is 265 g/mol. The Morgan fingerprint density at radius 3 is 2.47 bits per heavy atom. The van der Waals surface area contributed by atoms with Gasteiger partial charge < -0.3 is 15.2 Å². The highest BCUT2D eigenvalue weighted by molar-refractivity contribution is 5.81. The number of hydrogen-bond donors (Lipinski definition) is 2. The Balaban J connectivity index is 2.69. The lowest BCUT2D eigenvalue weighted by Crippen LogP contribution is -2.46. The number of carbonyl (C=O) groups excluding carboxylic acids is 1. The fourth-order valence-corrected chi connectivity index (χ4v) is 1.58. The molecule has 19 heavy (non-hydrogen) atoms. The molecule has 2 atom stereocenters. The summed E-state index contributed by atoms with van der Waals surface area (Å²) in [6, 6.07) is 7.13. The van der Waals surface area contributed by atoms with E-state index in [9.17, 15) is 9.90 Å². The highest BCUT2D eigenvalue weighted by atomic mass is 16.5. The van der Waals surface area contributed by atoms with Gasteiger partial charge in [0.2, 0.25) is 0 Å². The van der Waals surface area contributed by atoms with Gasteiger partial charge in [0.1, 0.15) is 5.75 Å². The van der Waals surface area contributed by atoms with Crippen LogP contribution in [0.3, 0.4) is 0 Å². The van der Waals surface area contributed by atoms with Crippen LogP contribution in [0.15, 0.2) is 24.3 Å². The molecule has 0 spiro atoms. The van der Waals surface area contributed by atoms with Crippen LogP contribution >= 0.6 is 0 Å². The SMILES string of the molecule is CC(Oc1cccc([C@@H](C)O)c1)C(=O)NC(C)(C)C. The standard InChI is InChI=1S/C15H23NO3/c1-10(17)12-7-6-8-13(9-12)19-11(2)14(18)16-15(3,4)5/h6-11,17H,1-5H3,(H,16,18)/t10-,11?/m1/s1. The fourth-order valence-electron chi connectivity index (χ4n) is 1.58. The lowest BCUT2D eigenvalue weighted by Gasteiger charge is -2.23. The van der Waals surface area contributed by atoms with Gasteiger partial charge in [-0.05, 0) is 52.3 Å². The number of ether oxygens (including phenoxy) is 1. The van der Waals surface area contributed by atoms with Crippen molar-refractivity contribution >= 4 is 5.91 Å². The Hall–Kier alpha value is -1.55. The van der Waals surface area contributed by atoms with Crippen molar-refractivity contribution in [3.63, 3.8) is 0 Å². The van der Waals surface area contributed by atoms with Crippen LogP contribution in [0.4, 0.5) is 0 Å². The van der Waals surface area contributed by atoms with Crippen molar-refractivity contribution in [2.45, 2.75) is 52.4 Å². The molecule has 106 valence electrons. The Morgan fingerprint density at radius 2 is 1.95 bits per heavy atom. The summed E-state index contributed by atoms with van der Waals surface area (Å²) in [7, 11) is 0. The minimum Gasteiger partial charge on any atom is -0.481 e. The van der Waals surface area contributed by atoms with E-state index >= 15 is 0 Å². The van der Waals surface area contributed by atoms with Crippen molar-refractivity contribution < 1.29 is 14.6 Å². The third-order valence-electron chi connectivity index (χ3n) is 2.52. The van der Waals surface area contributed by atoms with E-state index in [1.54, 1.807) is 32.0 Å². The molecule has 0 aliphatic heterocycles. The van der Waals surface area contributed by atoms with Crippen LogP contribution in [0.1, 0.15) is 46.3 Å². The summed E-state index contributed by atoms with van der Waals surface area (Å²) in [5.41, 5.74) is 0.483. The van der Waals surface area contributed by atoms with Gasteiger partial charge in [0.25, 0.3) is 5.91 Å². The molecule has 0 bridgehead atoms. The fraction of sp³-hybridized carbons (Fsp3) is 0.533. The second kappa shape index (κ2) is 6.06. The molecule has 1 rings (SSSR count). The predicted octanol–water partition coefficient (Wildman–Crippen LogP) is 2.42. The first kappa shape index (κ1) is 15.5. The number of benzene rings is 1. The quantitative estimate of drug-likeness (QED) is 0.879. The van der Waals surface area contributed by atoms with Crippen molar-refractivity contribution in [3.8, 4) is 5.75 Å². The molecule has 0 aliphatic rings. The van der Waals surface area contributed by atoms with Gasteiger partial charge in [0.15, 0.2) is 6.10 Å². The molecule has 0 saturated carbocycles. The van der Waals surface area contributed by atoms with E-state index in [1.807, 2.05) is 26.8 Å². The van der Waals surface area contributed by atoms with Crippen LogP contribution in [-0.2, 0) is 4.79 Å². The van der Waals surface area contributed by atoms with Crippen LogP contribution in [0.5, 0.6) is 5.75 Å². The maximum atomic E-state index is 11.9. The highest BCUT2D eigenvalue weighted by Gasteiger charge is 2.20. The van der Waals surface area contributed by atoms with E-state index < -0.39 is 12.2 Å². The molecule has 1 unspecified atom stereocenters. The van der Waals surface area contributed by atoms with E-state index in [-0.39, 0.29) is 11.4 Å². The zero-order valence-corrected chi connectivity index (χ0v) is 12.2. The molecule has 2 N–H and O–H groups in total. The molecule has 1 aromatic rings. The second-order valence-corrected chi connectivity index (χ2v) is 5.75. The van der Waals surface area contributed by atoms with Gasteiger partial charge in [-0.2, -0.15) is 0 Å². The van der Waals surface area contributed by atoms with Gasteiger partial charge in [0.05, 0.1) is 6.10 Å². The molecule has 4 nitrogen and oxygen atoms in total. The maximum Gasteiger partial charge on any atom is 0.261 e. The molecule has 0 aliphatic carbocycles. The third-order valence-corrected chi connectivity index (χ3v) is 2.52. The van der Waals surface area contributed by atoms with Gasteiger partial charge in [-0.15, -0.1) is 0 Å². The molecular formula is C15H23NO3. The van der Waals surface area contributed by atoms with Crippen molar-refractivity contribution in [3.05, 3.63) is 29.8 Å². The Kier molecular flexibility index (Phi) is 4.95. The Labute approximate surface area is 114 Å². The molecule has 1 aromatic carbocycles. The van der Waals surface area contributed by atoms with Gasteiger partial charge in [-0.3, -0.25) is 4.79 Å². The molecule has 0 aromatic heterocycles. The summed E-state index contributed by atoms with van der Waals surface area (Å²) in [5.74, 6) is 0.421. The number of aliphatic hydroxyl groups is 1. The molecule has 4 heteroatoms. The molecule has 0 saturated heterocycles. The van der Waals surface area contributed by atoms with Crippen molar-refractivity contribution in [1.29, 1.82) is 0 Å². The van der Waals surface area contributed by atoms with Crippen LogP contribution < -0.4 is 10.1 Å². The lowest BCUT2D eigenvalue weighted by molar-refractivity contribution is -0.128. The summed E-state index contributed by atoms with van der Waals surface area (Å²) in [4.78, 5) is 11.9. The van der Waals surface area contributed by atoms with E-state index in [0.717, 1.165) is 5.56 Å². The van der Waals surface area contributed by atoms with Gasteiger partial charge in [0, 0.05) is 5.54 Å². The summed E-state index contributed by atoms with van der Waals surface area (Å²) in [5, 5.41) is 12.4. The van der Waals surface area contributed by atoms with Crippen LogP contribution in [-0.4, -0.2) is 22.7 Å². The smallest absolute Gasteiger partial charge is 0.261 e. The number of amides is 1. The number of hydrogen-bond acceptors (Lipinski definition) is 3. The minimum absolute atomic E-state index is 0.157. The molecule has 0 radical (unpaired) electrons. The number of aliphatic hydroxyl groups excluding tert-OH is 1. The summed E-state index contributed by atoms with van der Waals surface area (Å²) < 4.78 is 5.59. The Bertz CT molecular complexity index is 435. The second-order valence-electron chi connectivity index (χ2n) is 5.75. The van der Waals surface area contributed by atoms with Crippen molar-refractivity contribution in [2.75, 3.05) is 0 Å². The van der Waals surface area contributed by atoms with Crippen molar-refractivity contribution in [1.82, 2.24) is 5.32 Å². The van der Waals surface area contributed by atoms with E-state index in [4.69, 9.17) is 4.74 Å². The first-order valence-electron chi connectivity index (χ1n) is 6.46. The highest BCUT2D eigenvalue weighted by Crippen LogP contribution is 2.19. The van der Waals surface area contributed by atoms with Crippen LogP contribution in [0, 0.1) is 0 Å². The minimum atomic E-state index is -0.580. The molecular weight excluding hydrogens is 242 g/mol. The third kappa shape index (κ3) is 5.30. The van der Waals surface area contributed by atoms with E-state index in [2.05, 4.69) is 5.32 Å². The largest absolute Gasteiger partial charge is 0.481 e. The lowest BCUT2D eigenvalue weighted by atomic mass is 10.1. The first-order valence-corrected chi connectivity index (χ1v) is 6.46. The molecule has 0 fully saturated rings. The summed E-state index contributed by atoms with van der Waals surface area (Å²) in [6.45, 7) is 9.16. The zero-order valence-electron chi connectivity index (χ0n) is 12.2. The normalized spacial score (nSPS) is 14.6. The summed E-state index contributed by atoms with van der Waals surface area (Å²) >= 11 is 0. The zero-order chi connectivity index (χ0) is 14.6. The van der Waals surface area contributed by atoms with Gasteiger partial charge in [-0.1, -0.05) is 12.1 Å². The number of nitrogens with one attached hydrogen (secondary N) is 1. The van der Waals surface area contributed by atoms with Crippen LogP contribution in [0.2, 0.25) is 0 Å². The first-order chi connectivity index (χ1) is 8.69. The van der Waals surface area contributed by atoms with E-state index in [0.29, 0.717) is 5.75 Å². The average molecular weight is 265 g/mol. The van der Waals surface area contributed by atoms with Crippen molar-refractivity contribution in [2.24, 2.45) is 0 Å². The topological polar surface area (TPSA) is 58.6 Å². The van der Waals surface area contributed by atoms with E-state index in [1.165, 1.54) is 0 Å². The summed E-state index contributed by atoms with van der Waals surface area (Å²) in [6.07, 6.45) is -1.13. The number of rotatable bonds is 4. The maximum absolute atomic E-state index is 11.9. The Morgan fingerprint density at radius 1 is 1.32 bits per heavy atom. The predicted molar refractivity (Wildman–Crippen MR) is 75.1 cm³/mol. The van der Waals surface area contributed by atoms with Gasteiger partial charge >= 0.3 is 0 Å². The number of carbonyl (C=O) groups is 1. The molecule has 1 amide bonds. The average Bonchev–Trinajstić information content (AvgIpc) is 2.27. The van der Waals surface area contributed by atoms with Gasteiger partial charge in [-0.25, -0.2) is 0 Å². The molecule has 0 heterocycles.